The Morgan fingerprint density at radius 2 is 1.46 bits per heavy atom. The standard InChI is InChI=1S/C6H10N2O4.Sn/c9-5(10)3-7-1-2-8-4-6(11)12;/h1-4H2,(H,9,10)(H,11,12);/q-2;+2/p+2. The molecular formula is C6H12N2O4Sn+2. The van der Waals surface area contributed by atoms with Gasteiger partial charge in [-0.15, -0.1) is 0 Å². The van der Waals surface area contributed by atoms with Gasteiger partial charge in [0, 0.05) is 0 Å². The van der Waals surface area contributed by atoms with Crippen molar-refractivity contribution in [2.24, 2.45) is 0 Å². The van der Waals surface area contributed by atoms with E-state index in [0.717, 1.165) is 13.1 Å². The van der Waals surface area contributed by atoms with E-state index in [1.54, 1.807) is 0 Å². The van der Waals surface area contributed by atoms with Crippen LogP contribution in [0.15, 0.2) is 0 Å². The van der Waals surface area contributed by atoms with Crippen LogP contribution >= 0.6 is 0 Å². The van der Waals surface area contributed by atoms with Gasteiger partial charge in [0.05, 0.1) is 0 Å². The Hall–Kier alpha value is -0.341. The molecule has 1 fully saturated rings. The molecule has 0 aromatic rings. The van der Waals surface area contributed by atoms with Crippen molar-refractivity contribution in [2.75, 3.05) is 26.2 Å². The van der Waals surface area contributed by atoms with Crippen LogP contribution in [0, 0.1) is 0 Å². The summed E-state index contributed by atoms with van der Waals surface area (Å²) in [4.78, 5) is 20.9. The number of rotatable bonds is 4. The Kier molecular flexibility index (Phi) is 3.94. The van der Waals surface area contributed by atoms with Crippen LogP contribution < -0.4 is 0 Å². The molecular weight excluding hydrogens is 283 g/mol. The third-order valence-corrected chi connectivity index (χ3v) is 5.39. The minimum absolute atomic E-state index is 0.189. The molecule has 0 aliphatic carbocycles. The van der Waals surface area contributed by atoms with E-state index in [0.29, 0.717) is 0 Å². The van der Waals surface area contributed by atoms with Crippen LogP contribution in [0.25, 0.3) is 0 Å². The van der Waals surface area contributed by atoms with E-state index in [2.05, 4.69) is 0 Å². The van der Waals surface area contributed by atoms with Crippen molar-refractivity contribution < 1.29 is 19.8 Å². The van der Waals surface area contributed by atoms with Crippen LogP contribution in [0.1, 0.15) is 0 Å². The molecule has 0 unspecified atom stereocenters. The van der Waals surface area contributed by atoms with Crippen LogP contribution in [0.5, 0.6) is 0 Å². The zero-order valence-corrected chi connectivity index (χ0v) is 9.89. The van der Waals surface area contributed by atoms with Crippen molar-refractivity contribution in [1.29, 1.82) is 0 Å². The fourth-order valence-corrected chi connectivity index (χ4v) is 4.62. The topological polar surface area (TPSA) is 86.4 Å². The van der Waals surface area contributed by atoms with Crippen LogP contribution in [-0.2, 0) is 9.59 Å². The van der Waals surface area contributed by atoms with Crippen molar-refractivity contribution in [3.05, 3.63) is 0 Å². The molecule has 0 amide bonds. The van der Waals surface area contributed by atoms with Crippen molar-refractivity contribution in [2.45, 2.75) is 0 Å². The zero-order valence-electron chi connectivity index (χ0n) is 7.04. The summed E-state index contributed by atoms with van der Waals surface area (Å²) >= 11 is -1.01. The summed E-state index contributed by atoms with van der Waals surface area (Å²) in [5, 5.41) is 13.5. The van der Waals surface area contributed by atoms with E-state index in [1.165, 1.54) is 0 Å². The second-order valence-corrected chi connectivity index (χ2v) is 6.97. The third kappa shape index (κ3) is 3.92. The number of nitrogens with zero attached hydrogens (tertiary/aromatic N) is 2. The summed E-state index contributed by atoms with van der Waals surface area (Å²) in [6, 6.07) is 0. The molecule has 2 radical (unpaired) electrons. The molecule has 0 aromatic carbocycles. The van der Waals surface area contributed by atoms with Gasteiger partial charge in [0.15, 0.2) is 0 Å². The van der Waals surface area contributed by atoms with E-state index in [-0.39, 0.29) is 13.1 Å². The van der Waals surface area contributed by atoms with E-state index in [9.17, 15) is 9.59 Å². The summed E-state index contributed by atoms with van der Waals surface area (Å²) in [5.41, 5.74) is 0. The van der Waals surface area contributed by atoms with Gasteiger partial charge in [-0.25, -0.2) is 0 Å². The summed E-state index contributed by atoms with van der Waals surface area (Å²) in [6.45, 7) is 1.91. The molecule has 0 bridgehead atoms. The van der Waals surface area contributed by atoms with Crippen molar-refractivity contribution in [1.82, 2.24) is 6.24 Å². The first kappa shape index (κ1) is 10.7. The van der Waals surface area contributed by atoms with Crippen LogP contribution in [0.2, 0.25) is 0 Å². The van der Waals surface area contributed by atoms with E-state index in [1.807, 2.05) is 6.24 Å². The second kappa shape index (κ2) is 4.77. The van der Waals surface area contributed by atoms with Gasteiger partial charge in [-0.05, 0) is 0 Å². The average molecular weight is 295 g/mol. The van der Waals surface area contributed by atoms with Crippen molar-refractivity contribution in [3.63, 3.8) is 0 Å². The molecule has 72 valence electrons. The summed E-state index contributed by atoms with van der Waals surface area (Å²) in [7, 11) is 0. The van der Waals surface area contributed by atoms with Gasteiger partial charge in [0.2, 0.25) is 0 Å². The molecule has 0 saturated carbocycles. The third-order valence-electron chi connectivity index (χ3n) is 1.59. The molecule has 1 aliphatic heterocycles. The quantitative estimate of drug-likeness (QED) is 0.400. The summed E-state index contributed by atoms with van der Waals surface area (Å²) in [5.74, 6) is -1.14. The van der Waals surface area contributed by atoms with Gasteiger partial charge in [-0.3, -0.25) is 0 Å². The molecule has 1 heterocycles. The Labute approximate surface area is 86.0 Å². The minimum atomic E-state index is -1.01. The average Bonchev–Trinajstić information content (AvgIpc) is 2.33. The fourth-order valence-electron chi connectivity index (χ4n) is 1.12. The van der Waals surface area contributed by atoms with E-state index >= 15 is 0 Å². The maximum atomic E-state index is 10.5. The molecule has 6 nitrogen and oxygen atoms in total. The molecule has 7 heteroatoms. The van der Waals surface area contributed by atoms with Gasteiger partial charge in [-0.1, -0.05) is 0 Å². The predicted molar refractivity (Wildman–Crippen MR) is 46.1 cm³/mol. The Morgan fingerprint density at radius 3 is 1.77 bits per heavy atom. The first-order chi connectivity index (χ1) is 6.08. The first-order valence-corrected chi connectivity index (χ1v) is 6.38. The monoisotopic (exact) mass is 296 g/mol. The maximum absolute atomic E-state index is 10.5. The van der Waals surface area contributed by atoms with E-state index < -0.39 is 33.6 Å². The van der Waals surface area contributed by atoms with Gasteiger partial charge >= 0.3 is 85.9 Å². The van der Waals surface area contributed by atoms with Gasteiger partial charge in [-0.2, -0.15) is 0 Å². The Morgan fingerprint density at radius 1 is 1.08 bits per heavy atom. The number of hydrogen-bond acceptors (Lipinski definition) is 4. The van der Waals surface area contributed by atoms with Gasteiger partial charge in [0.1, 0.15) is 0 Å². The summed E-state index contributed by atoms with van der Waals surface area (Å²) in [6.07, 6.45) is 0. The molecule has 13 heavy (non-hydrogen) atoms. The molecule has 4 N–H and O–H groups in total. The van der Waals surface area contributed by atoms with Crippen LogP contribution in [0.4, 0.5) is 0 Å². The molecule has 1 rings (SSSR count). The number of hydrogen-bond donors (Lipinski definition) is 0. The van der Waals surface area contributed by atoms with Crippen LogP contribution in [0.3, 0.4) is 0 Å². The van der Waals surface area contributed by atoms with Crippen molar-refractivity contribution in [3.8, 4) is 0 Å². The Bertz CT molecular complexity index is 201. The Balaban J connectivity index is 2.27. The normalized spacial score (nSPS) is 19.1. The SMILES string of the molecule is O=C([OH2+])C[N]1CC[N](CC(=O)[OH2+])[Sn]1. The van der Waals surface area contributed by atoms with E-state index in [4.69, 9.17) is 10.2 Å². The zero-order chi connectivity index (χ0) is 9.84. The van der Waals surface area contributed by atoms with Gasteiger partial charge in [0.25, 0.3) is 0 Å². The first-order valence-electron chi connectivity index (χ1n) is 3.83. The molecule has 0 atom stereocenters. The van der Waals surface area contributed by atoms with Crippen molar-refractivity contribution >= 4 is 33.6 Å². The molecule has 1 saturated heterocycles. The van der Waals surface area contributed by atoms with Gasteiger partial charge < -0.3 is 0 Å². The molecule has 0 spiro atoms. The van der Waals surface area contributed by atoms with Crippen LogP contribution in [-0.4, -0.2) is 76.3 Å². The second-order valence-electron chi connectivity index (χ2n) is 2.79. The molecule has 1 aliphatic rings. The number of carbonyl (C=O) groups excluding carboxylic acids is 2. The summed E-state index contributed by atoms with van der Waals surface area (Å²) < 4.78 is 3.92. The fraction of sp³-hybridized carbons (Fsp3) is 0.667. The number of carbonyl (C=O) groups is 2. The predicted octanol–water partition coefficient (Wildman–Crippen LogP) is -3.36. The molecule has 0 aromatic heterocycles.